The van der Waals surface area contributed by atoms with Crippen molar-refractivity contribution in [3.63, 3.8) is 0 Å². The van der Waals surface area contributed by atoms with Gasteiger partial charge in [0.2, 0.25) is 0 Å². The lowest BCUT2D eigenvalue weighted by molar-refractivity contribution is 0.0726. The number of carbonyl (C=O) groups is 1. The van der Waals surface area contributed by atoms with E-state index >= 15 is 0 Å². The van der Waals surface area contributed by atoms with Crippen LogP contribution in [0.2, 0.25) is 0 Å². The molecule has 5 rings (SSSR count). The molecule has 142 valence electrons. The first-order valence-corrected chi connectivity index (χ1v) is 10.2. The monoisotopic (exact) mass is 366 g/mol. The number of amides is 1. The van der Waals surface area contributed by atoms with Gasteiger partial charge in [-0.05, 0) is 39.0 Å². The summed E-state index contributed by atoms with van der Waals surface area (Å²) in [5.74, 6) is 2.70. The molecule has 1 aliphatic carbocycles. The molecule has 2 aromatic rings. The number of rotatable bonds is 2. The van der Waals surface area contributed by atoms with Crippen LogP contribution in [-0.4, -0.2) is 33.9 Å². The number of likely N-dealkylation sites (tertiary alicyclic amines) is 1. The fourth-order valence-electron chi connectivity index (χ4n) is 4.82. The summed E-state index contributed by atoms with van der Waals surface area (Å²) in [5.41, 5.74) is 4.26. The average molecular weight is 366 g/mol. The normalized spacial score (nSPS) is 21.8. The second kappa shape index (κ2) is 6.75. The van der Waals surface area contributed by atoms with Gasteiger partial charge in [-0.3, -0.25) is 4.79 Å². The number of nitrogens with one attached hydrogen (secondary N) is 1. The first-order valence-electron chi connectivity index (χ1n) is 10.2. The molecule has 2 aromatic heterocycles. The molecule has 0 spiro atoms. The van der Waals surface area contributed by atoms with Gasteiger partial charge in [0.25, 0.3) is 5.91 Å². The topological polar surface area (TPSA) is 71.3 Å². The van der Waals surface area contributed by atoms with Crippen molar-refractivity contribution in [3.05, 3.63) is 45.9 Å². The van der Waals surface area contributed by atoms with Crippen molar-refractivity contribution in [3.8, 4) is 0 Å². The number of furan rings is 1. The van der Waals surface area contributed by atoms with Crippen molar-refractivity contribution in [1.82, 2.24) is 20.2 Å². The lowest BCUT2D eigenvalue weighted by Crippen LogP contribution is -2.33. The van der Waals surface area contributed by atoms with E-state index in [4.69, 9.17) is 9.40 Å². The minimum Gasteiger partial charge on any atom is -0.465 e. The van der Waals surface area contributed by atoms with E-state index in [1.54, 1.807) is 0 Å². The van der Waals surface area contributed by atoms with Crippen LogP contribution in [0.3, 0.4) is 0 Å². The smallest absolute Gasteiger partial charge is 0.258 e. The molecule has 6 nitrogen and oxygen atoms in total. The molecule has 0 bridgehead atoms. The van der Waals surface area contributed by atoms with E-state index in [0.29, 0.717) is 0 Å². The van der Waals surface area contributed by atoms with Crippen molar-refractivity contribution in [2.24, 2.45) is 0 Å². The van der Waals surface area contributed by atoms with Gasteiger partial charge in [-0.1, -0.05) is 0 Å². The number of aromatic nitrogens is 2. The molecule has 0 unspecified atom stereocenters. The van der Waals surface area contributed by atoms with E-state index in [1.165, 1.54) is 5.56 Å². The maximum atomic E-state index is 13.5. The Kier molecular flexibility index (Phi) is 4.23. The molecule has 3 aliphatic rings. The van der Waals surface area contributed by atoms with E-state index in [-0.39, 0.29) is 11.9 Å². The summed E-state index contributed by atoms with van der Waals surface area (Å²) < 4.78 is 5.95. The van der Waals surface area contributed by atoms with E-state index in [1.807, 2.05) is 18.0 Å². The zero-order valence-corrected chi connectivity index (χ0v) is 15.9. The van der Waals surface area contributed by atoms with Crippen LogP contribution in [0.25, 0.3) is 0 Å². The molecule has 6 heteroatoms. The van der Waals surface area contributed by atoms with E-state index < -0.39 is 0 Å². The van der Waals surface area contributed by atoms with Gasteiger partial charge in [0, 0.05) is 55.5 Å². The Morgan fingerprint density at radius 3 is 3.07 bits per heavy atom. The van der Waals surface area contributed by atoms with Gasteiger partial charge in [0.1, 0.15) is 11.5 Å². The molecule has 1 saturated heterocycles. The Bertz CT molecular complexity index is 889. The third-order valence-corrected chi connectivity index (χ3v) is 6.20. The van der Waals surface area contributed by atoms with Crippen LogP contribution in [0.4, 0.5) is 0 Å². The Morgan fingerprint density at radius 1 is 1.26 bits per heavy atom. The molecule has 1 amide bonds. The van der Waals surface area contributed by atoms with Crippen LogP contribution >= 0.6 is 0 Å². The van der Waals surface area contributed by atoms with Gasteiger partial charge >= 0.3 is 0 Å². The number of carbonyl (C=O) groups excluding carboxylic acids is 1. The highest BCUT2D eigenvalue weighted by Crippen LogP contribution is 2.36. The summed E-state index contributed by atoms with van der Waals surface area (Å²) in [6, 6.07) is -0.0220. The SMILES string of the molecule is Cc1oc2c(c1C(=O)N1CCC[C@@H]1c1ncc3c(n1)CCNC3)CCCC2. The van der Waals surface area contributed by atoms with E-state index in [0.717, 1.165) is 98.7 Å². The van der Waals surface area contributed by atoms with Crippen molar-refractivity contribution < 1.29 is 9.21 Å². The van der Waals surface area contributed by atoms with Crippen molar-refractivity contribution in [2.75, 3.05) is 13.1 Å². The quantitative estimate of drug-likeness (QED) is 0.885. The molecule has 1 fully saturated rings. The predicted molar refractivity (Wildman–Crippen MR) is 101 cm³/mol. The predicted octanol–water partition coefficient (Wildman–Crippen LogP) is 2.88. The Balaban J connectivity index is 1.46. The minimum atomic E-state index is -0.0220. The summed E-state index contributed by atoms with van der Waals surface area (Å²) >= 11 is 0. The van der Waals surface area contributed by atoms with Crippen LogP contribution in [0.5, 0.6) is 0 Å². The summed E-state index contributed by atoms with van der Waals surface area (Å²) in [4.78, 5) is 24.9. The summed E-state index contributed by atoms with van der Waals surface area (Å²) in [5, 5.41) is 3.36. The van der Waals surface area contributed by atoms with Gasteiger partial charge in [0.15, 0.2) is 5.82 Å². The molecule has 4 heterocycles. The Labute approximate surface area is 159 Å². The molecule has 1 N–H and O–H groups in total. The zero-order chi connectivity index (χ0) is 18.4. The van der Waals surface area contributed by atoms with Gasteiger partial charge in [-0.25, -0.2) is 9.97 Å². The molecule has 1 atom stereocenters. The fourth-order valence-corrected chi connectivity index (χ4v) is 4.82. The Hall–Kier alpha value is -2.21. The maximum Gasteiger partial charge on any atom is 0.258 e. The highest BCUT2D eigenvalue weighted by Gasteiger charge is 2.36. The molecule has 27 heavy (non-hydrogen) atoms. The highest BCUT2D eigenvalue weighted by atomic mass is 16.3. The molecule has 0 radical (unpaired) electrons. The minimum absolute atomic E-state index is 0.0220. The number of hydrogen-bond donors (Lipinski definition) is 1. The first kappa shape index (κ1) is 16.9. The number of nitrogens with zero attached hydrogens (tertiary/aromatic N) is 3. The van der Waals surface area contributed by atoms with Crippen LogP contribution in [0.15, 0.2) is 10.6 Å². The zero-order valence-electron chi connectivity index (χ0n) is 15.9. The molecule has 0 saturated carbocycles. The lowest BCUT2D eigenvalue weighted by Gasteiger charge is -2.25. The van der Waals surface area contributed by atoms with Crippen LogP contribution in [-0.2, 0) is 25.8 Å². The largest absolute Gasteiger partial charge is 0.465 e. The second-order valence-electron chi connectivity index (χ2n) is 7.93. The summed E-state index contributed by atoms with van der Waals surface area (Å²) in [7, 11) is 0. The first-order chi connectivity index (χ1) is 13.2. The number of aryl methyl sites for hydroxylation is 2. The standard InChI is InChI=1S/C21H26N4O2/c1-13-19(15-5-2-3-7-18(15)27-13)21(26)25-10-4-6-17(25)20-23-12-14-11-22-9-8-16(14)24-20/h12,17,22H,2-11H2,1H3/t17-/m1/s1. The molecular formula is C21H26N4O2. The summed E-state index contributed by atoms with van der Waals surface area (Å²) in [6.45, 7) is 4.49. The van der Waals surface area contributed by atoms with Gasteiger partial charge < -0.3 is 14.6 Å². The fraction of sp³-hybridized carbons (Fsp3) is 0.571. The lowest BCUT2D eigenvalue weighted by atomic mass is 9.94. The Morgan fingerprint density at radius 2 is 2.15 bits per heavy atom. The van der Waals surface area contributed by atoms with Crippen LogP contribution in [0, 0.1) is 6.92 Å². The average Bonchev–Trinajstić information content (AvgIpc) is 3.31. The molecule has 2 aliphatic heterocycles. The van der Waals surface area contributed by atoms with Crippen LogP contribution < -0.4 is 5.32 Å². The van der Waals surface area contributed by atoms with E-state index in [9.17, 15) is 4.79 Å². The number of hydrogen-bond acceptors (Lipinski definition) is 5. The molecular weight excluding hydrogens is 340 g/mol. The maximum absolute atomic E-state index is 13.5. The van der Waals surface area contributed by atoms with Gasteiger partial charge in [-0.15, -0.1) is 0 Å². The highest BCUT2D eigenvalue weighted by molar-refractivity contribution is 5.97. The second-order valence-corrected chi connectivity index (χ2v) is 7.93. The van der Waals surface area contributed by atoms with Crippen LogP contribution in [0.1, 0.15) is 76.2 Å². The third-order valence-electron chi connectivity index (χ3n) is 6.20. The van der Waals surface area contributed by atoms with Crippen molar-refractivity contribution in [1.29, 1.82) is 0 Å². The van der Waals surface area contributed by atoms with Crippen molar-refractivity contribution >= 4 is 5.91 Å². The molecule has 0 aromatic carbocycles. The number of fused-ring (bicyclic) bond motifs is 2. The van der Waals surface area contributed by atoms with Crippen molar-refractivity contribution in [2.45, 2.75) is 64.5 Å². The van der Waals surface area contributed by atoms with Gasteiger partial charge in [-0.2, -0.15) is 0 Å². The van der Waals surface area contributed by atoms with E-state index in [2.05, 4.69) is 10.3 Å². The summed E-state index contributed by atoms with van der Waals surface area (Å²) in [6.07, 6.45) is 8.99. The third kappa shape index (κ3) is 2.87. The van der Waals surface area contributed by atoms with Gasteiger partial charge in [0.05, 0.1) is 11.6 Å².